The fourth-order valence-corrected chi connectivity index (χ4v) is 3.33. The number of hydrogen-bond acceptors (Lipinski definition) is 7. The minimum Gasteiger partial charge on any atom is -0.489 e. The molecule has 3 aromatic rings. The van der Waals surface area contributed by atoms with Crippen LogP contribution >= 0.6 is 0 Å². The molecule has 0 radical (unpaired) electrons. The predicted octanol–water partition coefficient (Wildman–Crippen LogP) is 3.02. The van der Waals surface area contributed by atoms with Gasteiger partial charge in [0, 0.05) is 44.0 Å². The summed E-state index contributed by atoms with van der Waals surface area (Å²) in [6.45, 7) is 4.21. The van der Waals surface area contributed by atoms with Crippen molar-refractivity contribution in [3.05, 3.63) is 71.9 Å². The molecule has 0 aliphatic carbocycles. The molecule has 0 spiro atoms. The van der Waals surface area contributed by atoms with Gasteiger partial charge in [0.25, 0.3) is 11.8 Å². The summed E-state index contributed by atoms with van der Waals surface area (Å²) in [5.74, 6) is -1.64. The van der Waals surface area contributed by atoms with Gasteiger partial charge in [0.15, 0.2) is 0 Å². The zero-order chi connectivity index (χ0) is 24.8. The molecule has 4 rings (SSSR count). The van der Waals surface area contributed by atoms with Crippen LogP contribution in [0.15, 0.2) is 60.8 Å². The average Bonchev–Trinajstić information content (AvgIpc) is 3.31. The van der Waals surface area contributed by atoms with Gasteiger partial charge in [-0.1, -0.05) is 30.3 Å². The lowest BCUT2D eigenvalue weighted by atomic mass is 10.1. The van der Waals surface area contributed by atoms with Crippen LogP contribution in [0.4, 0.5) is 0 Å². The molecule has 2 heterocycles. The maximum absolute atomic E-state index is 12.1. The Morgan fingerprint density at radius 2 is 1.62 bits per heavy atom. The second-order valence-corrected chi connectivity index (χ2v) is 7.35. The van der Waals surface area contributed by atoms with E-state index in [2.05, 4.69) is 10.1 Å². The number of rotatable bonds is 4. The summed E-state index contributed by atoms with van der Waals surface area (Å²) in [5, 5.41) is 2.91. The van der Waals surface area contributed by atoms with E-state index in [-0.39, 0.29) is 11.5 Å². The Hall–Kier alpha value is -4.53. The standard InChI is InChI=1S/C21H16N2O4.C4H6O3/c1-13(24)23-11-18(17-10-20(25)22-21(17)26)16-9-15(7-8-19(16)23)27-12-14-5-3-2-4-6-14;1-3(5)7-4(2)6/h2-11H,12H2,1H3,(H,22,25,26);1-2H3. The molecule has 0 unspecified atom stereocenters. The van der Waals surface area contributed by atoms with E-state index >= 15 is 0 Å². The lowest BCUT2D eigenvalue weighted by Gasteiger charge is -2.07. The molecule has 1 aliphatic rings. The monoisotopic (exact) mass is 462 g/mol. The molecular formula is C25H22N2O7. The number of hydrogen-bond donors (Lipinski definition) is 1. The van der Waals surface area contributed by atoms with Crippen LogP contribution in [0.3, 0.4) is 0 Å². The summed E-state index contributed by atoms with van der Waals surface area (Å²) in [4.78, 5) is 55.2. The number of nitrogens with one attached hydrogen (secondary N) is 1. The largest absolute Gasteiger partial charge is 0.489 e. The Labute approximate surface area is 194 Å². The topological polar surface area (TPSA) is 121 Å². The van der Waals surface area contributed by atoms with Gasteiger partial charge in [-0.2, -0.15) is 0 Å². The van der Waals surface area contributed by atoms with Crippen LogP contribution in [0.1, 0.15) is 36.7 Å². The fraction of sp³-hybridized carbons (Fsp3) is 0.160. The van der Waals surface area contributed by atoms with E-state index < -0.39 is 23.8 Å². The Morgan fingerprint density at radius 1 is 0.941 bits per heavy atom. The summed E-state index contributed by atoms with van der Waals surface area (Å²) in [6.07, 6.45) is 2.83. The lowest BCUT2D eigenvalue weighted by Crippen LogP contribution is -2.21. The number of carbonyl (C=O) groups is 5. The number of esters is 2. The van der Waals surface area contributed by atoms with Gasteiger partial charge in [-0.15, -0.1) is 0 Å². The number of nitrogens with zero attached hydrogens (tertiary/aromatic N) is 1. The van der Waals surface area contributed by atoms with Crippen LogP contribution in [0, 0.1) is 0 Å². The molecule has 2 amide bonds. The molecule has 2 aromatic carbocycles. The summed E-state index contributed by atoms with van der Waals surface area (Å²) < 4.78 is 11.3. The predicted molar refractivity (Wildman–Crippen MR) is 123 cm³/mol. The summed E-state index contributed by atoms with van der Waals surface area (Å²) in [6, 6.07) is 15.1. The van der Waals surface area contributed by atoms with Gasteiger partial charge in [0.05, 0.1) is 11.1 Å². The van der Waals surface area contributed by atoms with Crippen LogP contribution in [0.2, 0.25) is 0 Å². The van der Waals surface area contributed by atoms with Gasteiger partial charge in [-0.25, -0.2) is 0 Å². The van der Waals surface area contributed by atoms with E-state index in [0.29, 0.717) is 28.8 Å². The van der Waals surface area contributed by atoms with Crippen LogP contribution in [-0.2, 0) is 30.5 Å². The van der Waals surface area contributed by atoms with Crippen molar-refractivity contribution in [2.24, 2.45) is 0 Å². The van der Waals surface area contributed by atoms with Crippen LogP contribution in [-0.4, -0.2) is 34.2 Å². The van der Waals surface area contributed by atoms with Crippen LogP contribution < -0.4 is 10.1 Å². The Morgan fingerprint density at radius 3 is 2.15 bits per heavy atom. The highest BCUT2D eigenvalue weighted by atomic mass is 16.6. The number of amides is 2. The van der Waals surface area contributed by atoms with Gasteiger partial charge in [-0.05, 0) is 23.8 Å². The van der Waals surface area contributed by atoms with Crippen molar-refractivity contribution in [3.8, 4) is 5.75 Å². The number of ether oxygens (including phenoxy) is 2. The van der Waals surface area contributed by atoms with E-state index in [4.69, 9.17) is 4.74 Å². The molecule has 0 saturated carbocycles. The van der Waals surface area contributed by atoms with Crippen LogP contribution in [0.5, 0.6) is 5.75 Å². The van der Waals surface area contributed by atoms with Crippen molar-refractivity contribution in [1.29, 1.82) is 0 Å². The first-order valence-corrected chi connectivity index (χ1v) is 10.2. The van der Waals surface area contributed by atoms with Gasteiger partial charge in [0.2, 0.25) is 5.91 Å². The molecule has 0 saturated heterocycles. The molecule has 174 valence electrons. The van der Waals surface area contributed by atoms with Gasteiger partial charge in [0.1, 0.15) is 12.4 Å². The van der Waals surface area contributed by atoms with Crippen molar-refractivity contribution in [1.82, 2.24) is 9.88 Å². The first-order valence-electron chi connectivity index (χ1n) is 10.2. The quantitative estimate of drug-likeness (QED) is 0.359. The number of aromatic nitrogens is 1. The van der Waals surface area contributed by atoms with Gasteiger partial charge >= 0.3 is 11.9 Å². The van der Waals surface area contributed by atoms with E-state index in [1.165, 1.54) is 31.4 Å². The van der Waals surface area contributed by atoms with Crippen molar-refractivity contribution >= 4 is 46.1 Å². The van der Waals surface area contributed by atoms with Crippen LogP contribution in [0.25, 0.3) is 16.5 Å². The molecule has 0 atom stereocenters. The molecule has 0 fully saturated rings. The molecule has 9 nitrogen and oxygen atoms in total. The Kier molecular flexibility index (Phi) is 7.37. The summed E-state index contributed by atoms with van der Waals surface area (Å²) in [5.41, 5.74) is 2.44. The molecular weight excluding hydrogens is 440 g/mol. The lowest BCUT2D eigenvalue weighted by molar-refractivity contribution is -0.156. The summed E-state index contributed by atoms with van der Waals surface area (Å²) >= 11 is 0. The Balaban J connectivity index is 0.000000406. The van der Waals surface area contributed by atoms with E-state index in [0.717, 1.165) is 5.56 Å². The van der Waals surface area contributed by atoms with Gasteiger partial charge < -0.3 is 9.47 Å². The van der Waals surface area contributed by atoms with E-state index in [1.807, 2.05) is 30.3 Å². The average molecular weight is 462 g/mol. The number of imide groups is 1. The number of carbonyl (C=O) groups excluding carboxylic acids is 5. The normalized spacial score (nSPS) is 12.4. The minimum atomic E-state index is -0.562. The van der Waals surface area contributed by atoms with E-state index in [9.17, 15) is 24.0 Å². The maximum Gasteiger partial charge on any atom is 0.310 e. The molecule has 9 heteroatoms. The molecule has 0 bridgehead atoms. The van der Waals surface area contributed by atoms with Crippen molar-refractivity contribution in [2.75, 3.05) is 0 Å². The highest BCUT2D eigenvalue weighted by molar-refractivity contribution is 6.35. The van der Waals surface area contributed by atoms with Gasteiger partial charge in [-0.3, -0.25) is 33.9 Å². The fourth-order valence-electron chi connectivity index (χ4n) is 3.33. The summed E-state index contributed by atoms with van der Waals surface area (Å²) in [7, 11) is 0. The molecule has 1 aliphatic heterocycles. The Bertz CT molecular complexity index is 1310. The van der Waals surface area contributed by atoms with Crippen molar-refractivity contribution in [3.63, 3.8) is 0 Å². The van der Waals surface area contributed by atoms with Crippen molar-refractivity contribution < 1.29 is 33.4 Å². The second kappa shape index (κ2) is 10.4. The zero-order valence-electron chi connectivity index (χ0n) is 18.8. The third-order valence-electron chi connectivity index (χ3n) is 4.70. The first-order chi connectivity index (χ1) is 16.2. The van der Waals surface area contributed by atoms with Crippen molar-refractivity contribution in [2.45, 2.75) is 27.4 Å². The number of benzene rings is 2. The zero-order valence-corrected chi connectivity index (χ0v) is 18.8. The first kappa shape index (κ1) is 24.1. The number of fused-ring (bicyclic) bond motifs is 1. The molecule has 1 aromatic heterocycles. The SMILES string of the molecule is CC(=O)OC(C)=O.CC(=O)n1cc(C2=CC(=O)NC2=O)c2cc(OCc3ccccc3)ccc21. The smallest absolute Gasteiger partial charge is 0.310 e. The highest BCUT2D eigenvalue weighted by Gasteiger charge is 2.26. The maximum atomic E-state index is 12.1. The molecule has 1 N–H and O–H groups in total. The third kappa shape index (κ3) is 5.83. The minimum absolute atomic E-state index is 0.186. The molecule has 34 heavy (non-hydrogen) atoms. The highest BCUT2D eigenvalue weighted by Crippen LogP contribution is 2.32. The third-order valence-corrected chi connectivity index (χ3v) is 4.70. The van der Waals surface area contributed by atoms with E-state index in [1.54, 1.807) is 24.4 Å². The second-order valence-electron chi connectivity index (χ2n) is 7.35.